The molecule has 3 N–H and O–H groups in total. The minimum absolute atomic E-state index is 0.0284. The van der Waals surface area contributed by atoms with E-state index in [4.69, 9.17) is 19.7 Å². The largest absolute Gasteiger partial charge is 0.486 e. The molecule has 3 aromatic rings. The van der Waals surface area contributed by atoms with Gasteiger partial charge in [-0.15, -0.1) is 0 Å². The molecule has 1 atom stereocenters. The van der Waals surface area contributed by atoms with Crippen LogP contribution in [0.25, 0.3) is 23.3 Å². The highest BCUT2D eigenvalue weighted by molar-refractivity contribution is 5.79. The molecule has 10 heteroatoms. The van der Waals surface area contributed by atoms with E-state index in [0.717, 1.165) is 6.07 Å². The molecule has 1 aliphatic heterocycles. The number of rotatable bonds is 8. The Kier molecular flexibility index (Phi) is 8.03. The number of carboxylic acids is 1. The normalized spacial score (nSPS) is 14.1. The number of aliphatic hydroxyl groups is 1. The zero-order chi connectivity index (χ0) is 27.4. The summed E-state index contributed by atoms with van der Waals surface area (Å²) in [4.78, 5) is 11.1. The van der Waals surface area contributed by atoms with E-state index >= 15 is 4.39 Å². The molecule has 0 radical (unpaired) electrons. The maximum absolute atomic E-state index is 15.2. The van der Waals surface area contributed by atoms with Crippen LogP contribution in [-0.4, -0.2) is 42.0 Å². The van der Waals surface area contributed by atoms with E-state index in [1.807, 2.05) is 0 Å². The number of aliphatic carboxylic acids is 1. The van der Waals surface area contributed by atoms with Crippen LogP contribution in [0.15, 0.2) is 48.5 Å². The van der Waals surface area contributed by atoms with Crippen LogP contribution in [0.1, 0.15) is 27.8 Å². The molecule has 0 saturated carbocycles. The number of nitrogens with one attached hydrogen (secondary N) is 1. The van der Waals surface area contributed by atoms with E-state index in [0.29, 0.717) is 34.6 Å². The van der Waals surface area contributed by atoms with Crippen LogP contribution in [0.2, 0.25) is 0 Å². The Morgan fingerprint density at radius 2 is 1.79 bits per heavy atom. The van der Waals surface area contributed by atoms with Crippen molar-refractivity contribution < 1.29 is 42.0 Å². The van der Waals surface area contributed by atoms with Crippen molar-refractivity contribution in [3.63, 3.8) is 0 Å². The molecule has 0 spiro atoms. The van der Waals surface area contributed by atoms with Gasteiger partial charge in [0, 0.05) is 12.1 Å². The Morgan fingerprint density at radius 3 is 2.50 bits per heavy atom. The third kappa shape index (κ3) is 5.81. The van der Waals surface area contributed by atoms with Crippen LogP contribution in [0.5, 0.6) is 11.5 Å². The van der Waals surface area contributed by atoms with Crippen LogP contribution < -0.4 is 14.8 Å². The first-order valence-corrected chi connectivity index (χ1v) is 11.7. The molecule has 1 aliphatic rings. The zero-order valence-electron chi connectivity index (χ0n) is 20.3. The third-order valence-corrected chi connectivity index (χ3v) is 6.21. The first-order chi connectivity index (χ1) is 18.1. The highest BCUT2D eigenvalue weighted by atomic mass is 19.4. The van der Waals surface area contributed by atoms with E-state index in [1.165, 1.54) is 24.3 Å². The number of halogens is 4. The van der Waals surface area contributed by atoms with Gasteiger partial charge in [-0.3, -0.25) is 10.1 Å². The van der Waals surface area contributed by atoms with E-state index in [1.54, 1.807) is 37.3 Å². The van der Waals surface area contributed by atoms with Crippen LogP contribution >= 0.6 is 0 Å². The van der Waals surface area contributed by atoms with Crippen LogP contribution in [0.4, 0.5) is 17.6 Å². The van der Waals surface area contributed by atoms with Crippen LogP contribution in [-0.2, 0) is 17.5 Å². The van der Waals surface area contributed by atoms with Crippen molar-refractivity contribution in [3.8, 4) is 22.6 Å². The second-order valence-electron chi connectivity index (χ2n) is 8.68. The Balaban J connectivity index is 1.67. The maximum Gasteiger partial charge on any atom is 0.416 e. The van der Waals surface area contributed by atoms with Crippen molar-refractivity contribution in [1.82, 2.24) is 5.32 Å². The van der Waals surface area contributed by atoms with Gasteiger partial charge in [-0.1, -0.05) is 36.4 Å². The van der Waals surface area contributed by atoms with Crippen LogP contribution in [0, 0.1) is 12.7 Å². The van der Waals surface area contributed by atoms with Gasteiger partial charge in [0.05, 0.1) is 12.2 Å². The first kappa shape index (κ1) is 27.2. The molecule has 6 nitrogen and oxygen atoms in total. The lowest BCUT2D eigenvalue weighted by Crippen LogP contribution is -2.39. The number of aliphatic hydroxyl groups excluding tert-OH is 1. The topological polar surface area (TPSA) is 88.0 Å². The first-order valence-electron chi connectivity index (χ1n) is 11.7. The van der Waals surface area contributed by atoms with Crippen molar-refractivity contribution in [2.75, 3.05) is 19.8 Å². The average molecular weight is 532 g/mol. The number of alkyl halides is 3. The summed E-state index contributed by atoms with van der Waals surface area (Å²) >= 11 is 0. The van der Waals surface area contributed by atoms with Crippen molar-refractivity contribution in [2.45, 2.75) is 25.7 Å². The second-order valence-corrected chi connectivity index (χ2v) is 8.68. The van der Waals surface area contributed by atoms with Gasteiger partial charge in [0.1, 0.15) is 19.3 Å². The Bertz CT molecular complexity index is 1370. The van der Waals surface area contributed by atoms with E-state index in [-0.39, 0.29) is 30.0 Å². The molecular weight excluding hydrogens is 506 g/mol. The average Bonchev–Trinajstić information content (AvgIpc) is 2.88. The van der Waals surface area contributed by atoms with Crippen molar-refractivity contribution in [3.05, 3.63) is 82.2 Å². The maximum atomic E-state index is 15.2. The Morgan fingerprint density at radius 1 is 1.05 bits per heavy atom. The van der Waals surface area contributed by atoms with Gasteiger partial charge in [0.2, 0.25) is 0 Å². The lowest BCUT2D eigenvalue weighted by Gasteiger charge is -2.20. The molecule has 0 aromatic heterocycles. The summed E-state index contributed by atoms with van der Waals surface area (Å²) in [5, 5.41) is 20.8. The standard InChI is InChI=1S/C28H25F4NO5/c1-16-18(3-2-4-20(16)21-8-10-24-26(25(21)29)38-12-11-37-24)6-7-19-13-17(5-9-22(19)28(30,31)32)14-33-23(15-34)27(35)36/h2-10,13,23,33-34H,11-12,14-15H2,1H3,(H,35,36)/b7-6+. The fourth-order valence-electron chi connectivity index (χ4n) is 4.18. The number of hydrogen-bond acceptors (Lipinski definition) is 5. The molecule has 1 unspecified atom stereocenters. The molecule has 3 aromatic carbocycles. The van der Waals surface area contributed by atoms with Gasteiger partial charge in [-0.2, -0.15) is 13.2 Å². The molecule has 1 heterocycles. The highest BCUT2D eigenvalue weighted by Crippen LogP contribution is 2.40. The minimum Gasteiger partial charge on any atom is -0.486 e. The highest BCUT2D eigenvalue weighted by Gasteiger charge is 2.32. The van der Waals surface area contributed by atoms with E-state index in [2.05, 4.69) is 5.32 Å². The molecule has 38 heavy (non-hydrogen) atoms. The quantitative estimate of drug-likeness (QED) is 0.270. The predicted molar refractivity (Wildman–Crippen MR) is 133 cm³/mol. The monoisotopic (exact) mass is 531 g/mol. The number of ether oxygens (including phenoxy) is 2. The second kappa shape index (κ2) is 11.2. The van der Waals surface area contributed by atoms with Gasteiger partial charge in [-0.05, 0) is 59.0 Å². The number of carbonyl (C=O) groups is 1. The molecular formula is C28H25F4NO5. The lowest BCUT2D eigenvalue weighted by molar-refractivity contribution is -0.140. The number of fused-ring (bicyclic) bond motifs is 1. The fraction of sp³-hybridized carbons (Fsp3) is 0.250. The number of carboxylic acid groups (broad SMARTS) is 1. The van der Waals surface area contributed by atoms with Gasteiger partial charge >= 0.3 is 12.1 Å². The molecule has 0 aliphatic carbocycles. The number of hydrogen-bond donors (Lipinski definition) is 3. The lowest BCUT2D eigenvalue weighted by atomic mass is 9.94. The summed E-state index contributed by atoms with van der Waals surface area (Å²) in [7, 11) is 0. The molecule has 200 valence electrons. The molecule has 0 bridgehead atoms. The molecule has 0 fully saturated rings. The Labute approximate surface area is 216 Å². The minimum atomic E-state index is -4.62. The van der Waals surface area contributed by atoms with Crippen molar-refractivity contribution >= 4 is 18.1 Å². The predicted octanol–water partition coefficient (Wildman–Crippen LogP) is 5.30. The fourth-order valence-corrected chi connectivity index (χ4v) is 4.18. The summed E-state index contributed by atoms with van der Waals surface area (Å²) in [6.07, 6.45) is -1.78. The molecule has 4 rings (SSSR count). The SMILES string of the molecule is Cc1c(/C=C/c2cc(CNC(CO)C(=O)O)ccc2C(F)(F)F)cccc1-c1ccc2c(c1F)OCCO2. The van der Waals surface area contributed by atoms with Gasteiger partial charge in [-0.25, -0.2) is 4.39 Å². The van der Waals surface area contributed by atoms with Gasteiger partial charge in [0.25, 0.3) is 0 Å². The summed E-state index contributed by atoms with van der Waals surface area (Å²) in [5.74, 6) is -1.51. The smallest absolute Gasteiger partial charge is 0.416 e. The van der Waals surface area contributed by atoms with E-state index in [9.17, 15) is 18.0 Å². The van der Waals surface area contributed by atoms with Crippen molar-refractivity contribution in [2.24, 2.45) is 0 Å². The van der Waals surface area contributed by atoms with Crippen LogP contribution in [0.3, 0.4) is 0 Å². The zero-order valence-corrected chi connectivity index (χ0v) is 20.3. The van der Waals surface area contributed by atoms with Crippen molar-refractivity contribution in [1.29, 1.82) is 0 Å². The molecule has 0 amide bonds. The summed E-state index contributed by atoms with van der Waals surface area (Å²) in [6, 6.07) is 10.6. The van der Waals surface area contributed by atoms with Gasteiger partial charge < -0.3 is 19.7 Å². The number of benzene rings is 3. The summed E-state index contributed by atoms with van der Waals surface area (Å²) < 4.78 is 67.2. The summed E-state index contributed by atoms with van der Waals surface area (Å²) in [6.45, 7) is 1.57. The summed E-state index contributed by atoms with van der Waals surface area (Å²) in [5.41, 5.74) is 1.49. The van der Waals surface area contributed by atoms with Gasteiger partial charge in [0.15, 0.2) is 17.3 Å². The Hall–Kier alpha value is -3.89. The molecule has 0 saturated heterocycles. The van der Waals surface area contributed by atoms with E-state index < -0.39 is 36.2 Å². The third-order valence-electron chi connectivity index (χ3n) is 6.21.